The Kier molecular flexibility index (Phi) is 7.78. The Morgan fingerprint density at radius 3 is 2.33 bits per heavy atom. The molecule has 2 amide bonds. The van der Waals surface area contributed by atoms with Crippen molar-refractivity contribution in [3.05, 3.63) is 95.8 Å². The standard InChI is InChI=1S/C24H24FN3O4S/c1-33(31,32)28(20-11-7-10-19(25)16-20)17-23(29)27-22-13-6-5-12-21(22)24(30)26-15-14-18-8-3-2-4-9-18/h2-13,16H,14-15,17H2,1H3,(H,26,30)(H,27,29). The Bertz CT molecular complexity index is 1230. The number of amides is 2. The highest BCUT2D eigenvalue weighted by Crippen LogP contribution is 2.20. The zero-order chi connectivity index (χ0) is 23.8. The van der Waals surface area contributed by atoms with Crippen LogP contribution < -0.4 is 14.9 Å². The number of rotatable bonds is 9. The molecule has 0 aromatic heterocycles. The summed E-state index contributed by atoms with van der Waals surface area (Å²) in [6.45, 7) is -0.168. The summed E-state index contributed by atoms with van der Waals surface area (Å²) >= 11 is 0. The maximum Gasteiger partial charge on any atom is 0.253 e. The average molecular weight is 470 g/mol. The third-order valence-electron chi connectivity index (χ3n) is 4.77. The van der Waals surface area contributed by atoms with Crippen LogP contribution in [0.1, 0.15) is 15.9 Å². The first kappa shape index (κ1) is 23.9. The maximum atomic E-state index is 13.6. The number of benzene rings is 3. The minimum atomic E-state index is -3.86. The van der Waals surface area contributed by atoms with E-state index < -0.39 is 28.3 Å². The molecule has 3 rings (SSSR count). The molecule has 0 bridgehead atoms. The SMILES string of the molecule is CS(=O)(=O)N(CC(=O)Nc1ccccc1C(=O)NCCc1ccccc1)c1cccc(F)c1. The highest BCUT2D eigenvalue weighted by Gasteiger charge is 2.22. The van der Waals surface area contributed by atoms with Crippen molar-refractivity contribution in [3.8, 4) is 0 Å². The van der Waals surface area contributed by atoms with Crippen molar-refractivity contribution in [2.45, 2.75) is 6.42 Å². The summed E-state index contributed by atoms with van der Waals surface area (Å²) in [7, 11) is -3.86. The van der Waals surface area contributed by atoms with Gasteiger partial charge in [-0.05, 0) is 42.3 Å². The molecule has 0 saturated carbocycles. The number of hydrogen-bond donors (Lipinski definition) is 2. The summed E-state index contributed by atoms with van der Waals surface area (Å²) < 4.78 is 38.8. The largest absolute Gasteiger partial charge is 0.352 e. The number of halogens is 1. The molecule has 0 aliphatic heterocycles. The van der Waals surface area contributed by atoms with Gasteiger partial charge >= 0.3 is 0 Å². The van der Waals surface area contributed by atoms with Gasteiger partial charge < -0.3 is 10.6 Å². The molecule has 172 valence electrons. The summed E-state index contributed by atoms with van der Waals surface area (Å²) in [4.78, 5) is 25.3. The van der Waals surface area contributed by atoms with E-state index >= 15 is 0 Å². The number of carbonyl (C=O) groups is 2. The van der Waals surface area contributed by atoms with E-state index in [2.05, 4.69) is 10.6 Å². The van der Waals surface area contributed by atoms with Gasteiger partial charge in [-0.25, -0.2) is 12.8 Å². The molecule has 33 heavy (non-hydrogen) atoms. The molecule has 3 aromatic rings. The van der Waals surface area contributed by atoms with E-state index in [1.165, 1.54) is 18.2 Å². The molecule has 7 nitrogen and oxygen atoms in total. The van der Waals surface area contributed by atoms with E-state index in [4.69, 9.17) is 0 Å². The van der Waals surface area contributed by atoms with E-state index in [1.54, 1.807) is 24.3 Å². The van der Waals surface area contributed by atoms with Crippen LogP contribution in [0, 0.1) is 5.82 Å². The van der Waals surface area contributed by atoms with Gasteiger partial charge in [-0.15, -0.1) is 0 Å². The Morgan fingerprint density at radius 1 is 0.939 bits per heavy atom. The van der Waals surface area contributed by atoms with E-state index in [0.29, 0.717) is 13.0 Å². The second-order valence-electron chi connectivity index (χ2n) is 7.33. The van der Waals surface area contributed by atoms with Gasteiger partial charge in [0.2, 0.25) is 15.9 Å². The minimum Gasteiger partial charge on any atom is -0.352 e. The third-order valence-corrected chi connectivity index (χ3v) is 5.91. The quantitative estimate of drug-likeness (QED) is 0.503. The minimum absolute atomic E-state index is 0.0274. The molecule has 0 fully saturated rings. The monoisotopic (exact) mass is 469 g/mol. The van der Waals surface area contributed by atoms with Crippen LogP contribution >= 0.6 is 0 Å². The Morgan fingerprint density at radius 2 is 1.64 bits per heavy atom. The summed E-state index contributed by atoms with van der Waals surface area (Å²) in [5.74, 6) is -1.67. The predicted octanol–water partition coefficient (Wildman–Crippen LogP) is 3.20. The Labute approximate surface area is 192 Å². The number of nitrogens with zero attached hydrogens (tertiary/aromatic N) is 1. The van der Waals surface area contributed by atoms with Gasteiger partial charge in [-0.3, -0.25) is 13.9 Å². The first-order valence-corrected chi connectivity index (χ1v) is 12.0. The molecule has 0 atom stereocenters. The number of anilines is 2. The van der Waals surface area contributed by atoms with Gasteiger partial charge in [0, 0.05) is 6.54 Å². The van der Waals surface area contributed by atoms with E-state index in [9.17, 15) is 22.4 Å². The lowest BCUT2D eigenvalue weighted by Crippen LogP contribution is -2.37. The summed E-state index contributed by atoms with van der Waals surface area (Å²) in [5, 5.41) is 5.41. The molecule has 0 radical (unpaired) electrons. The average Bonchev–Trinajstić information content (AvgIpc) is 2.78. The molecular weight excluding hydrogens is 445 g/mol. The van der Waals surface area contributed by atoms with Crippen molar-refractivity contribution < 1.29 is 22.4 Å². The van der Waals surface area contributed by atoms with Gasteiger partial charge in [0.25, 0.3) is 5.91 Å². The Balaban J connectivity index is 1.68. The van der Waals surface area contributed by atoms with Crippen LogP contribution in [0.25, 0.3) is 0 Å². The van der Waals surface area contributed by atoms with Crippen LogP contribution in [0.5, 0.6) is 0 Å². The maximum absolute atomic E-state index is 13.6. The van der Waals surface area contributed by atoms with Crippen molar-refractivity contribution in [2.24, 2.45) is 0 Å². The van der Waals surface area contributed by atoms with E-state index in [0.717, 1.165) is 22.2 Å². The fourth-order valence-electron chi connectivity index (χ4n) is 3.20. The lowest BCUT2D eigenvalue weighted by molar-refractivity contribution is -0.114. The van der Waals surface area contributed by atoms with Gasteiger partial charge in [0.05, 0.1) is 23.2 Å². The van der Waals surface area contributed by atoms with E-state index in [1.807, 2.05) is 30.3 Å². The summed E-state index contributed by atoms with van der Waals surface area (Å²) in [6.07, 6.45) is 1.58. The van der Waals surface area contributed by atoms with Crippen LogP contribution in [-0.2, 0) is 21.2 Å². The fraction of sp³-hybridized carbons (Fsp3) is 0.167. The highest BCUT2D eigenvalue weighted by molar-refractivity contribution is 7.92. The normalized spacial score (nSPS) is 11.0. The smallest absolute Gasteiger partial charge is 0.253 e. The molecular formula is C24H24FN3O4S. The number of para-hydroxylation sites is 1. The second kappa shape index (κ2) is 10.7. The molecule has 0 aliphatic rings. The number of nitrogens with one attached hydrogen (secondary N) is 2. The Hall–Kier alpha value is -3.72. The van der Waals surface area contributed by atoms with Gasteiger partial charge in [0.1, 0.15) is 12.4 Å². The van der Waals surface area contributed by atoms with Crippen molar-refractivity contribution in [2.75, 3.05) is 29.0 Å². The topological polar surface area (TPSA) is 95.6 Å². The fourth-order valence-corrected chi connectivity index (χ4v) is 4.05. The van der Waals surface area contributed by atoms with Crippen LogP contribution in [0.2, 0.25) is 0 Å². The van der Waals surface area contributed by atoms with Crippen LogP contribution in [0.4, 0.5) is 15.8 Å². The van der Waals surface area contributed by atoms with Crippen LogP contribution in [-0.4, -0.2) is 39.6 Å². The first-order valence-electron chi connectivity index (χ1n) is 10.2. The van der Waals surface area contributed by atoms with Crippen LogP contribution in [0.15, 0.2) is 78.9 Å². The lowest BCUT2D eigenvalue weighted by Gasteiger charge is -2.22. The zero-order valence-electron chi connectivity index (χ0n) is 18.0. The molecule has 0 aliphatic carbocycles. The van der Waals surface area contributed by atoms with Crippen molar-refractivity contribution in [3.63, 3.8) is 0 Å². The first-order chi connectivity index (χ1) is 15.7. The van der Waals surface area contributed by atoms with Crippen molar-refractivity contribution >= 4 is 33.2 Å². The summed E-state index contributed by atoms with van der Waals surface area (Å²) in [6, 6.07) is 21.1. The highest BCUT2D eigenvalue weighted by atomic mass is 32.2. The number of hydrogen-bond acceptors (Lipinski definition) is 4. The molecule has 3 aromatic carbocycles. The number of sulfonamides is 1. The van der Waals surface area contributed by atoms with Gasteiger partial charge in [0.15, 0.2) is 0 Å². The molecule has 2 N–H and O–H groups in total. The molecule has 0 heterocycles. The van der Waals surface area contributed by atoms with Gasteiger partial charge in [-0.2, -0.15) is 0 Å². The van der Waals surface area contributed by atoms with Crippen molar-refractivity contribution in [1.82, 2.24) is 5.32 Å². The number of carbonyl (C=O) groups excluding carboxylic acids is 2. The molecule has 0 unspecified atom stereocenters. The second-order valence-corrected chi connectivity index (χ2v) is 9.24. The predicted molar refractivity (Wildman–Crippen MR) is 126 cm³/mol. The third kappa shape index (κ3) is 6.88. The van der Waals surface area contributed by atoms with Crippen LogP contribution in [0.3, 0.4) is 0 Å². The lowest BCUT2D eigenvalue weighted by atomic mass is 10.1. The van der Waals surface area contributed by atoms with Crippen molar-refractivity contribution in [1.29, 1.82) is 0 Å². The molecule has 9 heteroatoms. The molecule has 0 spiro atoms. The van der Waals surface area contributed by atoms with Gasteiger partial charge in [-0.1, -0.05) is 48.5 Å². The molecule has 0 saturated heterocycles. The summed E-state index contributed by atoms with van der Waals surface area (Å²) in [5.41, 5.74) is 1.60. The van der Waals surface area contributed by atoms with E-state index in [-0.39, 0.29) is 22.8 Å². The zero-order valence-corrected chi connectivity index (χ0v) is 18.8.